The van der Waals surface area contributed by atoms with E-state index >= 15 is 0 Å². The number of hydrogen-bond acceptors (Lipinski definition) is 2. The lowest BCUT2D eigenvalue weighted by atomic mass is 9.99. The monoisotopic (exact) mass is 538 g/mol. The first-order valence-corrected chi connectivity index (χ1v) is 16.1. The molecule has 0 radical (unpaired) electrons. The van der Waals surface area contributed by atoms with E-state index in [1.54, 1.807) is 0 Å². The molecule has 0 saturated carbocycles. The Morgan fingerprint density at radius 1 is 0.500 bits per heavy atom. The Morgan fingerprint density at radius 2 is 0.921 bits per heavy atom. The second kappa shape index (κ2) is 18.4. The third kappa shape index (κ3) is 9.67. The molecule has 0 aliphatic heterocycles. The molecule has 38 heavy (non-hydrogen) atoms. The fraction of sp³-hybridized carbons (Fsp3) is 0.600. The molecule has 3 rings (SSSR count). The quantitative estimate of drug-likeness (QED) is 0.0762. The van der Waals surface area contributed by atoms with Crippen molar-refractivity contribution in [2.45, 2.75) is 122 Å². The van der Waals surface area contributed by atoms with Gasteiger partial charge in [-0.25, -0.2) is 0 Å². The highest BCUT2D eigenvalue weighted by atomic mass is 35.5. The molecule has 0 saturated heterocycles. The van der Waals surface area contributed by atoms with Crippen LogP contribution in [0.5, 0.6) is 11.5 Å². The Kier molecular flexibility index (Phi) is 14.8. The van der Waals surface area contributed by atoms with Crippen LogP contribution in [0.4, 0.5) is 0 Å². The molecule has 0 atom stereocenters. The van der Waals surface area contributed by atoms with E-state index in [1.165, 1.54) is 89.9 Å². The molecule has 2 nitrogen and oxygen atoms in total. The molecule has 3 aromatic carbocycles. The second-order valence-electron chi connectivity index (χ2n) is 10.9. The minimum absolute atomic E-state index is 0.495. The van der Waals surface area contributed by atoms with Crippen LogP contribution < -0.4 is 9.47 Å². The Balaban J connectivity index is 1.66. The number of benzene rings is 3. The van der Waals surface area contributed by atoms with E-state index < -0.39 is 0 Å². The van der Waals surface area contributed by atoms with Gasteiger partial charge < -0.3 is 9.47 Å². The van der Waals surface area contributed by atoms with Gasteiger partial charge in [0.1, 0.15) is 11.5 Å². The number of rotatable bonds is 21. The van der Waals surface area contributed by atoms with Crippen molar-refractivity contribution in [3.8, 4) is 11.5 Å². The summed E-state index contributed by atoms with van der Waals surface area (Å²) in [6.45, 7) is 6.05. The van der Waals surface area contributed by atoms with Crippen LogP contribution in [-0.2, 0) is 5.88 Å². The summed E-state index contributed by atoms with van der Waals surface area (Å²) in [4.78, 5) is 0. The minimum atomic E-state index is 0.495. The molecule has 0 aromatic heterocycles. The van der Waals surface area contributed by atoms with Crippen LogP contribution in [0.25, 0.3) is 21.5 Å². The molecule has 210 valence electrons. The van der Waals surface area contributed by atoms with Crippen LogP contribution in [-0.4, -0.2) is 13.2 Å². The van der Waals surface area contributed by atoms with E-state index in [4.69, 9.17) is 21.1 Å². The summed E-state index contributed by atoms with van der Waals surface area (Å²) in [7, 11) is 0. The molecule has 0 aliphatic carbocycles. The highest BCUT2D eigenvalue weighted by Crippen LogP contribution is 2.43. The first-order valence-electron chi connectivity index (χ1n) is 15.6. The van der Waals surface area contributed by atoms with Crippen LogP contribution in [0.15, 0.2) is 42.5 Å². The summed E-state index contributed by atoms with van der Waals surface area (Å²) in [5, 5.41) is 4.52. The van der Waals surface area contributed by atoms with Gasteiger partial charge in [-0.05, 0) is 24.5 Å². The van der Waals surface area contributed by atoms with Crippen LogP contribution in [0, 0.1) is 0 Å². The van der Waals surface area contributed by atoms with Crippen molar-refractivity contribution < 1.29 is 9.47 Å². The Bertz CT molecular complexity index is 1060. The molecule has 0 aliphatic rings. The standard InChI is InChI=1S/C35H51ClO2/c1-3-5-7-9-11-13-15-19-25-37-34-30-21-17-18-22-31(30)35(33-27-29(28-36)23-24-32(33)34)38-26-20-16-14-12-10-8-6-4-2/h17-18,21-24,27H,3-16,19-20,25-26,28H2,1-2H3. The van der Waals surface area contributed by atoms with E-state index in [2.05, 4.69) is 56.3 Å². The highest BCUT2D eigenvalue weighted by Gasteiger charge is 2.16. The normalized spacial score (nSPS) is 11.4. The summed E-state index contributed by atoms with van der Waals surface area (Å²) in [6.07, 6.45) is 20.8. The third-order valence-electron chi connectivity index (χ3n) is 7.63. The van der Waals surface area contributed by atoms with Crippen LogP contribution in [0.2, 0.25) is 0 Å². The maximum absolute atomic E-state index is 6.53. The van der Waals surface area contributed by atoms with E-state index in [0.29, 0.717) is 5.88 Å². The summed E-state index contributed by atoms with van der Waals surface area (Å²) in [5.41, 5.74) is 1.11. The molecular formula is C35H51ClO2. The van der Waals surface area contributed by atoms with E-state index in [9.17, 15) is 0 Å². The number of unbranched alkanes of at least 4 members (excludes halogenated alkanes) is 14. The maximum Gasteiger partial charge on any atom is 0.135 e. The van der Waals surface area contributed by atoms with Gasteiger partial charge in [-0.3, -0.25) is 0 Å². The van der Waals surface area contributed by atoms with Gasteiger partial charge in [-0.1, -0.05) is 140 Å². The fourth-order valence-corrected chi connectivity index (χ4v) is 5.53. The van der Waals surface area contributed by atoms with Gasteiger partial charge in [0.25, 0.3) is 0 Å². The molecule has 0 heterocycles. The van der Waals surface area contributed by atoms with Gasteiger partial charge in [-0.2, -0.15) is 0 Å². The van der Waals surface area contributed by atoms with Gasteiger partial charge in [0.15, 0.2) is 0 Å². The number of hydrogen-bond donors (Lipinski definition) is 0. The van der Waals surface area contributed by atoms with Crippen molar-refractivity contribution in [2.24, 2.45) is 0 Å². The molecule has 0 amide bonds. The predicted molar refractivity (Wildman–Crippen MR) is 167 cm³/mol. The number of alkyl halides is 1. The van der Waals surface area contributed by atoms with Crippen molar-refractivity contribution in [1.29, 1.82) is 0 Å². The average molecular weight is 539 g/mol. The molecule has 3 aromatic rings. The Morgan fingerprint density at radius 3 is 1.39 bits per heavy atom. The molecule has 3 heteroatoms. The van der Waals surface area contributed by atoms with E-state index in [1.807, 2.05) is 0 Å². The topological polar surface area (TPSA) is 18.5 Å². The van der Waals surface area contributed by atoms with E-state index in [-0.39, 0.29) is 0 Å². The fourth-order valence-electron chi connectivity index (χ4n) is 5.36. The Labute approximate surface area is 237 Å². The summed E-state index contributed by atoms with van der Waals surface area (Å²) in [6, 6.07) is 15.0. The van der Waals surface area contributed by atoms with Crippen molar-refractivity contribution in [1.82, 2.24) is 0 Å². The molecule has 0 unspecified atom stereocenters. The summed E-state index contributed by atoms with van der Waals surface area (Å²) >= 11 is 6.24. The zero-order valence-electron chi connectivity index (χ0n) is 24.2. The first kappa shape index (κ1) is 30.6. The molecule has 0 N–H and O–H groups in total. The van der Waals surface area contributed by atoms with Crippen molar-refractivity contribution in [2.75, 3.05) is 13.2 Å². The lowest BCUT2D eigenvalue weighted by Crippen LogP contribution is -2.02. The van der Waals surface area contributed by atoms with Gasteiger partial charge in [0.05, 0.1) is 13.2 Å². The molecule has 0 fully saturated rings. The number of halogens is 1. The van der Waals surface area contributed by atoms with Gasteiger partial charge in [-0.15, -0.1) is 11.6 Å². The Hall–Kier alpha value is -1.93. The third-order valence-corrected chi connectivity index (χ3v) is 7.94. The lowest BCUT2D eigenvalue weighted by Gasteiger charge is -2.18. The predicted octanol–water partition coefficient (Wildman–Crippen LogP) is 11.8. The zero-order valence-corrected chi connectivity index (χ0v) is 24.9. The smallest absolute Gasteiger partial charge is 0.135 e. The van der Waals surface area contributed by atoms with Crippen LogP contribution in [0.1, 0.15) is 122 Å². The first-order chi connectivity index (χ1) is 18.8. The van der Waals surface area contributed by atoms with Crippen LogP contribution in [0.3, 0.4) is 0 Å². The van der Waals surface area contributed by atoms with Gasteiger partial charge >= 0.3 is 0 Å². The van der Waals surface area contributed by atoms with Gasteiger partial charge in [0, 0.05) is 27.4 Å². The van der Waals surface area contributed by atoms with E-state index in [0.717, 1.165) is 64.7 Å². The van der Waals surface area contributed by atoms with Crippen molar-refractivity contribution >= 4 is 33.1 Å². The average Bonchev–Trinajstić information content (AvgIpc) is 2.95. The molecule has 0 spiro atoms. The number of fused-ring (bicyclic) bond motifs is 2. The minimum Gasteiger partial charge on any atom is -0.492 e. The maximum atomic E-state index is 6.53. The summed E-state index contributed by atoms with van der Waals surface area (Å²) < 4.78 is 13.0. The number of ether oxygens (including phenoxy) is 2. The largest absolute Gasteiger partial charge is 0.492 e. The second-order valence-corrected chi connectivity index (χ2v) is 11.1. The van der Waals surface area contributed by atoms with Crippen molar-refractivity contribution in [3.05, 3.63) is 48.0 Å². The molecular weight excluding hydrogens is 488 g/mol. The van der Waals surface area contributed by atoms with Crippen LogP contribution >= 0.6 is 11.6 Å². The zero-order chi connectivity index (χ0) is 26.8. The van der Waals surface area contributed by atoms with Crippen molar-refractivity contribution in [3.63, 3.8) is 0 Å². The summed E-state index contributed by atoms with van der Waals surface area (Å²) in [5.74, 6) is 2.46. The highest BCUT2D eigenvalue weighted by molar-refractivity contribution is 6.17. The van der Waals surface area contributed by atoms with Gasteiger partial charge in [0.2, 0.25) is 0 Å². The SMILES string of the molecule is CCCCCCCCCCOc1c2ccccc2c(OCCCCCCCCCC)c2cc(CCl)ccc12. The lowest BCUT2D eigenvalue weighted by molar-refractivity contribution is 0.306. The molecule has 0 bridgehead atoms.